The molecular formula is C20H22F2N2O3. The number of amides is 2. The molecule has 2 N–H and O–H groups in total. The van der Waals surface area contributed by atoms with E-state index >= 15 is 0 Å². The van der Waals surface area contributed by atoms with E-state index in [2.05, 4.69) is 31.4 Å². The molecule has 0 bridgehead atoms. The Hall–Kier alpha value is -2.96. The number of halogens is 2. The number of carbonyl (C=O) groups excluding carboxylic acids is 2. The van der Waals surface area contributed by atoms with Gasteiger partial charge in [-0.05, 0) is 35.2 Å². The predicted molar refractivity (Wildman–Crippen MR) is 98.6 cm³/mol. The molecule has 0 radical (unpaired) electrons. The molecule has 2 rings (SSSR count). The molecular weight excluding hydrogens is 354 g/mol. The SMILES string of the molecule is CC(C)(C)c1ccc(OCC(=O)NCC(=O)Nc2ccc(F)c(F)c2)cc1. The maximum atomic E-state index is 13.1. The Kier molecular flexibility index (Phi) is 6.50. The van der Waals surface area contributed by atoms with E-state index in [1.807, 2.05) is 12.1 Å². The number of ether oxygens (including phenoxy) is 1. The third-order valence-electron chi connectivity index (χ3n) is 3.74. The topological polar surface area (TPSA) is 67.4 Å². The third-order valence-corrected chi connectivity index (χ3v) is 3.74. The predicted octanol–water partition coefficient (Wildman–Crippen LogP) is 3.40. The summed E-state index contributed by atoms with van der Waals surface area (Å²) < 4.78 is 31.3. The van der Waals surface area contributed by atoms with Gasteiger partial charge in [0.25, 0.3) is 5.91 Å². The molecule has 0 unspecified atom stereocenters. The Labute approximate surface area is 156 Å². The highest BCUT2D eigenvalue weighted by Crippen LogP contribution is 2.24. The number of anilines is 1. The van der Waals surface area contributed by atoms with Gasteiger partial charge in [-0.15, -0.1) is 0 Å². The quantitative estimate of drug-likeness (QED) is 0.812. The van der Waals surface area contributed by atoms with Gasteiger partial charge in [0, 0.05) is 11.8 Å². The van der Waals surface area contributed by atoms with Crippen LogP contribution in [0.1, 0.15) is 26.3 Å². The van der Waals surface area contributed by atoms with Gasteiger partial charge in [0.05, 0.1) is 6.54 Å². The van der Waals surface area contributed by atoms with Gasteiger partial charge in [0.15, 0.2) is 18.2 Å². The normalized spacial score (nSPS) is 11.0. The molecule has 5 nitrogen and oxygen atoms in total. The van der Waals surface area contributed by atoms with Crippen molar-refractivity contribution in [2.24, 2.45) is 0 Å². The summed E-state index contributed by atoms with van der Waals surface area (Å²) in [5.74, 6) is -2.57. The van der Waals surface area contributed by atoms with Crippen molar-refractivity contribution in [1.29, 1.82) is 0 Å². The molecule has 2 aromatic rings. The van der Waals surface area contributed by atoms with Crippen LogP contribution in [-0.4, -0.2) is 25.0 Å². The van der Waals surface area contributed by atoms with Gasteiger partial charge in [-0.3, -0.25) is 9.59 Å². The van der Waals surface area contributed by atoms with E-state index in [4.69, 9.17) is 4.74 Å². The van der Waals surface area contributed by atoms with E-state index in [-0.39, 0.29) is 24.3 Å². The Balaban J connectivity index is 1.75. The van der Waals surface area contributed by atoms with Crippen LogP contribution in [0.3, 0.4) is 0 Å². The van der Waals surface area contributed by atoms with Gasteiger partial charge >= 0.3 is 0 Å². The highest BCUT2D eigenvalue weighted by molar-refractivity contribution is 5.94. The number of benzene rings is 2. The summed E-state index contributed by atoms with van der Waals surface area (Å²) in [6.45, 7) is 5.74. The Morgan fingerprint density at radius 1 is 0.963 bits per heavy atom. The maximum Gasteiger partial charge on any atom is 0.258 e. The van der Waals surface area contributed by atoms with Gasteiger partial charge in [-0.25, -0.2) is 8.78 Å². The number of hydrogen-bond acceptors (Lipinski definition) is 3. The second-order valence-corrected chi connectivity index (χ2v) is 7.02. The van der Waals surface area contributed by atoms with E-state index in [0.717, 1.165) is 17.7 Å². The molecule has 2 aromatic carbocycles. The molecule has 7 heteroatoms. The van der Waals surface area contributed by atoms with Crippen molar-refractivity contribution in [3.8, 4) is 5.75 Å². The molecule has 0 aliphatic heterocycles. The van der Waals surface area contributed by atoms with E-state index in [9.17, 15) is 18.4 Å². The summed E-state index contributed by atoms with van der Waals surface area (Å²) in [6.07, 6.45) is 0. The fourth-order valence-electron chi connectivity index (χ4n) is 2.21. The summed E-state index contributed by atoms with van der Waals surface area (Å²) in [6, 6.07) is 10.4. The lowest BCUT2D eigenvalue weighted by Crippen LogP contribution is -2.35. The molecule has 0 atom stereocenters. The van der Waals surface area contributed by atoms with Crippen LogP contribution in [0.5, 0.6) is 5.75 Å². The first-order chi connectivity index (χ1) is 12.6. The van der Waals surface area contributed by atoms with Crippen molar-refractivity contribution in [2.45, 2.75) is 26.2 Å². The van der Waals surface area contributed by atoms with E-state index in [1.54, 1.807) is 12.1 Å². The molecule has 2 amide bonds. The Morgan fingerprint density at radius 2 is 1.63 bits per heavy atom. The highest BCUT2D eigenvalue weighted by atomic mass is 19.2. The summed E-state index contributed by atoms with van der Waals surface area (Å²) in [4.78, 5) is 23.5. The fraction of sp³-hybridized carbons (Fsp3) is 0.300. The molecule has 144 valence electrons. The zero-order valence-electron chi connectivity index (χ0n) is 15.4. The summed E-state index contributed by atoms with van der Waals surface area (Å²) in [5, 5.41) is 4.75. The minimum Gasteiger partial charge on any atom is -0.484 e. The van der Waals surface area contributed by atoms with Crippen molar-refractivity contribution in [1.82, 2.24) is 5.32 Å². The maximum absolute atomic E-state index is 13.1. The zero-order valence-corrected chi connectivity index (χ0v) is 15.4. The second-order valence-electron chi connectivity index (χ2n) is 7.02. The van der Waals surface area contributed by atoms with Gasteiger partial charge in [0.1, 0.15) is 5.75 Å². The van der Waals surface area contributed by atoms with Crippen LogP contribution in [0.4, 0.5) is 14.5 Å². The highest BCUT2D eigenvalue weighted by Gasteiger charge is 2.13. The molecule has 27 heavy (non-hydrogen) atoms. The van der Waals surface area contributed by atoms with Crippen LogP contribution in [0.25, 0.3) is 0 Å². The lowest BCUT2D eigenvalue weighted by Gasteiger charge is -2.19. The smallest absolute Gasteiger partial charge is 0.258 e. The minimum absolute atomic E-state index is 0.0245. The van der Waals surface area contributed by atoms with Crippen LogP contribution in [0.15, 0.2) is 42.5 Å². The first-order valence-electron chi connectivity index (χ1n) is 8.40. The largest absolute Gasteiger partial charge is 0.484 e. The van der Waals surface area contributed by atoms with Crippen molar-refractivity contribution in [3.05, 3.63) is 59.7 Å². The van der Waals surface area contributed by atoms with E-state index < -0.39 is 23.4 Å². The second kappa shape index (κ2) is 8.62. The van der Waals surface area contributed by atoms with Crippen LogP contribution in [-0.2, 0) is 15.0 Å². The zero-order chi connectivity index (χ0) is 20.0. The molecule has 0 saturated heterocycles. The Bertz CT molecular complexity index is 815. The van der Waals surface area contributed by atoms with Crippen molar-refractivity contribution < 1.29 is 23.1 Å². The fourth-order valence-corrected chi connectivity index (χ4v) is 2.21. The standard InChI is InChI=1S/C20H22F2N2O3/c1-20(2,3)13-4-7-15(8-5-13)27-12-19(26)23-11-18(25)24-14-6-9-16(21)17(22)10-14/h4-10H,11-12H2,1-3H3,(H,23,26)(H,24,25). The summed E-state index contributed by atoms with van der Waals surface area (Å²) in [7, 11) is 0. The number of hydrogen-bond donors (Lipinski definition) is 2. The Morgan fingerprint density at radius 3 is 2.22 bits per heavy atom. The van der Waals surface area contributed by atoms with Crippen LogP contribution in [0, 0.1) is 11.6 Å². The first-order valence-corrected chi connectivity index (χ1v) is 8.40. The molecule has 0 saturated carbocycles. The average Bonchev–Trinajstić information content (AvgIpc) is 2.61. The summed E-state index contributed by atoms with van der Waals surface area (Å²) in [5.41, 5.74) is 1.27. The minimum atomic E-state index is -1.07. The molecule has 0 aromatic heterocycles. The van der Waals surface area contributed by atoms with Crippen molar-refractivity contribution in [3.63, 3.8) is 0 Å². The number of rotatable bonds is 6. The van der Waals surface area contributed by atoms with Crippen LogP contribution >= 0.6 is 0 Å². The van der Waals surface area contributed by atoms with Gasteiger partial charge in [-0.1, -0.05) is 32.9 Å². The van der Waals surface area contributed by atoms with E-state index in [0.29, 0.717) is 5.75 Å². The number of nitrogens with one attached hydrogen (secondary N) is 2. The lowest BCUT2D eigenvalue weighted by atomic mass is 9.87. The molecule has 0 fully saturated rings. The van der Waals surface area contributed by atoms with Gasteiger partial charge in [-0.2, -0.15) is 0 Å². The molecule has 0 aliphatic rings. The molecule has 0 spiro atoms. The van der Waals surface area contributed by atoms with Crippen LogP contribution < -0.4 is 15.4 Å². The lowest BCUT2D eigenvalue weighted by molar-refractivity contribution is -0.125. The van der Waals surface area contributed by atoms with Crippen molar-refractivity contribution in [2.75, 3.05) is 18.5 Å². The third kappa shape index (κ3) is 6.36. The average molecular weight is 376 g/mol. The van der Waals surface area contributed by atoms with Gasteiger partial charge < -0.3 is 15.4 Å². The first kappa shape index (κ1) is 20.4. The molecule has 0 aliphatic carbocycles. The monoisotopic (exact) mass is 376 g/mol. The van der Waals surface area contributed by atoms with E-state index in [1.165, 1.54) is 6.07 Å². The summed E-state index contributed by atoms with van der Waals surface area (Å²) >= 11 is 0. The van der Waals surface area contributed by atoms with Gasteiger partial charge in [0.2, 0.25) is 5.91 Å². The molecule has 0 heterocycles. The number of carbonyl (C=O) groups is 2. The van der Waals surface area contributed by atoms with Crippen molar-refractivity contribution >= 4 is 17.5 Å². The van der Waals surface area contributed by atoms with Crippen LogP contribution in [0.2, 0.25) is 0 Å².